The highest BCUT2D eigenvalue weighted by Crippen LogP contribution is 2.06. The number of carbonyl (C=O) groups is 1. The van der Waals surface area contributed by atoms with Crippen LogP contribution >= 0.6 is 11.5 Å². The molecule has 1 aromatic rings. The molecule has 0 bridgehead atoms. The Labute approximate surface area is 63.2 Å². The number of hydrogen-bond donors (Lipinski definition) is 0. The van der Waals surface area contributed by atoms with E-state index >= 15 is 0 Å². The van der Waals surface area contributed by atoms with Crippen LogP contribution in [0.15, 0.2) is 6.20 Å². The average molecular weight is 156 g/mol. The molecule has 0 radical (unpaired) electrons. The normalized spacial score (nSPS) is 9.70. The molecular weight excluding hydrogens is 148 g/mol. The van der Waals surface area contributed by atoms with Crippen molar-refractivity contribution in [2.45, 2.75) is 19.8 Å². The molecule has 3 nitrogen and oxygen atoms in total. The van der Waals surface area contributed by atoms with Crippen LogP contribution in [0.3, 0.4) is 0 Å². The third kappa shape index (κ3) is 1.60. The first-order chi connectivity index (χ1) is 4.84. The van der Waals surface area contributed by atoms with E-state index in [1.54, 1.807) is 0 Å². The smallest absolute Gasteiger partial charge is 0.176 e. The second-order valence-electron chi connectivity index (χ2n) is 1.95. The zero-order valence-corrected chi connectivity index (χ0v) is 6.52. The molecule has 54 valence electrons. The lowest BCUT2D eigenvalue weighted by molar-refractivity contribution is 0.0985. The van der Waals surface area contributed by atoms with Gasteiger partial charge in [0.15, 0.2) is 5.78 Å². The zero-order chi connectivity index (χ0) is 7.40. The van der Waals surface area contributed by atoms with Crippen LogP contribution < -0.4 is 0 Å². The van der Waals surface area contributed by atoms with Gasteiger partial charge in [0.2, 0.25) is 0 Å². The van der Waals surface area contributed by atoms with Gasteiger partial charge in [-0.25, -0.2) is 0 Å². The Morgan fingerprint density at radius 1 is 1.80 bits per heavy atom. The number of rotatable bonds is 3. The predicted molar refractivity (Wildman–Crippen MR) is 39.1 cm³/mol. The molecule has 0 aliphatic carbocycles. The minimum absolute atomic E-state index is 0.150. The largest absolute Gasteiger partial charge is 0.293 e. The monoisotopic (exact) mass is 156 g/mol. The molecule has 1 heterocycles. The van der Waals surface area contributed by atoms with Gasteiger partial charge >= 0.3 is 0 Å². The Balaban J connectivity index is 2.59. The van der Waals surface area contributed by atoms with Crippen molar-refractivity contribution in [3.05, 3.63) is 11.1 Å². The average Bonchev–Trinajstić information content (AvgIpc) is 2.38. The van der Waals surface area contributed by atoms with Crippen LogP contribution in [-0.2, 0) is 0 Å². The molecule has 0 saturated heterocycles. The van der Waals surface area contributed by atoms with Crippen LogP contribution in [0.1, 0.15) is 29.4 Å². The van der Waals surface area contributed by atoms with Crippen molar-refractivity contribution < 1.29 is 4.79 Å². The predicted octanol–water partition coefficient (Wildman–Crippen LogP) is 1.52. The third-order valence-electron chi connectivity index (χ3n) is 1.11. The molecule has 0 spiro atoms. The standard InChI is InChI=1S/C6H8N2OS/c1-2-3-5(9)6-4-7-8-10-6/h4H,2-3H2,1H3. The molecule has 0 saturated carbocycles. The quantitative estimate of drug-likeness (QED) is 0.623. The summed E-state index contributed by atoms with van der Waals surface area (Å²) in [6.45, 7) is 1.98. The maximum atomic E-state index is 11.0. The van der Waals surface area contributed by atoms with Gasteiger partial charge in [0.1, 0.15) is 4.88 Å². The third-order valence-corrected chi connectivity index (χ3v) is 1.82. The van der Waals surface area contributed by atoms with Gasteiger partial charge in [0.25, 0.3) is 0 Å². The summed E-state index contributed by atoms with van der Waals surface area (Å²) in [6.07, 6.45) is 3.00. The van der Waals surface area contributed by atoms with Crippen molar-refractivity contribution in [2.24, 2.45) is 0 Å². The highest BCUT2D eigenvalue weighted by molar-refractivity contribution is 7.07. The molecule has 0 amide bonds. The number of carbonyl (C=O) groups excluding carboxylic acids is 1. The van der Waals surface area contributed by atoms with E-state index in [-0.39, 0.29) is 5.78 Å². The Kier molecular flexibility index (Phi) is 2.50. The molecule has 0 unspecified atom stereocenters. The van der Waals surface area contributed by atoms with Crippen molar-refractivity contribution in [2.75, 3.05) is 0 Å². The molecule has 0 aliphatic heterocycles. The fourth-order valence-corrected chi connectivity index (χ4v) is 1.12. The summed E-state index contributed by atoms with van der Waals surface area (Å²) < 4.78 is 3.60. The van der Waals surface area contributed by atoms with Gasteiger partial charge in [-0.1, -0.05) is 11.4 Å². The molecule has 0 atom stereocenters. The topological polar surface area (TPSA) is 42.9 Å². The number of Topliss-reactive ketones (excluding diaryl/α,β-unsaturated/α-hetero) is 1. The lowest BCUT2D eigenvalue weighted by Gasteiger charge is -1.88. The van der Waals surface area contributed by atoms with Crippen molar-refractivity contribution in [1.82, 2.24) is 9.59 Å². The molecule has 10 heavy (non-hydrogen) atoms. The van der Waals surface area contributed by atoms with Gasteiger partial charge < -0.3 is 0 Å². The summed E-state index contributed by atoms with van der Waals surface area (Å²) in [6, 6.07) is 0. The lowest BCUT2D eigenvalue weighted by atomic mass is 10.2. The van der Waals surface area contributed by atoms with Crippen LogP contribution in [0.5, 0.6) is 0 Å². The molecule has 0 aliphatic rings. The fraction of sp³-hybridized carbons (Fsp3) is 0.500. The second kappa shape index (κ2) is 3.41. The van der Waals surface area contributed by atoms with Crippen molar-refractivity contribution in [3.8, 4) is 0 Å². The van der Waals surface area contributed by atoms with Crippen LogP contribution in [0.2, 0.25) is 0 Å². The maximum Gasteiger partial charge on any atom is 0.176 e. The summed E-state index contributed by atoms with van der Waals surface area (Å²) in [5, 5.41) is 3.57. The lowest BCUT2D eigenvalue weighted by Crippen LogP contribution is -1.93. The van der Waals surface area contributed by atoms with Crippen LogP contribution in [0.25, 0.3) is 0 Å². The Bertz CT molecular complexity index is 208. The van der Waals surface area contributed by atoms with Crippen LogP contribution in [-0.4, -0.2) is 15.4 Å². The summed E-state index contributed by atoms with van der Waals surface area (Å²) in [4.78, 5) is 11.7. The molecule has 1 rings (SSSR count). The fourth-order valence-electron chi connectivity index (χ4n) is 0.640. The number of hydrogen-bond acceptors (Lipinski definition) is 4. The molecule has 0 aromatic carbocycles. The van der Waals surface area contributed by atoms with Gasteiger partial charge in [-0.3, -0.25) is 4.79 Å². The summed E-state index contributed by atoms with van der Waals surface area (Å²) in [5.74, 6) is 0.150. The van der Waals surface area contributed by atoms with Gasteiger partial charge in [-0.2, -0.15) is 0 Å². The van der Waals surface area contributed by atoms with E-state index in [4.69, 9.17) is 0 Å². The van der Waals surface area contributed by atoms with E-state index in [0.29, 0.717) is 11.3 Å². The van der Waals surface area contributed by atoms with E-state index in [2.05, 4.69) is 9.59 Å². The second-order valence-corrected chi connectivity index (χ2v) is 2.74. The first-order valence-electron chi connectivity index (χ1n) is 3.15. The number of ketones is 1. The van der Waals surface area contributed by atoms with E-state index in [0.717, 1.165) is 18.0 Å². The van der Waals surface area contributed by atoms with Gasteiger partial charge in [0, 0.05) is 6.42 Å². The van der Waals surface area contributed by atoms with E-state index in [9.17, 15) is 4.79 Å². The highest BCUT2D eigenvalue weighted by Gasteiger charge is 2.05. The van der Waals surface area contributed by atoms with Gasteiger partial charge in [-0.05, 0) is 18.0 Å². The molecule has 0 N–H and O–H groups in total. The Morgan fingerprint density at radius 2 is 2.60 bits per heavy atom. The van der Waals surface area contributed by atoms with E-state index < -0.39 is 0 Å². The summed E-state index contributed by atoms with van der Waals surface area (Å²) in [5.41, 5.74) is 0. The summed E-state index contributed by atoms with van der Waals surface area (Å²) >= 11 is 1.16. The SMILES string of the molecule is CCCC(=O)c1cnns1. The zero-order valence-electron chi connectivity index (χ0n) is 5.70. The summed E-state index contributed by atoms with van der Waals surface area (Å²) in [7, 11) is 0. The first-order valence-corrected chi connectivity index (χ1v) is 3.92. The highest BCUT2D eigenvalue weighted by atomic mass is 32.1. The Morgan fingerprint density at radius 3 is 3.10 bits per heavy atom. The van der Waals surface area contributed by atoms with Crippen LogP contribution in [0, 0.1) is 0 Å². The first kappa shape index (κ1) is 7.34. The molecule has 4 heteroatoms. The maximum absolute atomic E-state index is 11.0. The molecule has 1 aromatic heterocycles. The molecule has 0 fully saturated rings. The Hall–Kier alpha value is -0.770. The number of aromatic nitrogens is 2. The van der Waals surface area contributed by atoms with Crippen LogP contribution in [0.4, 0.5) is 0 Å². The molecular formula is C6H8N2OS. The van der Waals surface area contributed by atoms with Gasteiger partial charge in [-0.15, -0.1) is 5.10 Å². The van der Waals surface area contributed by atoms with E-state index in [1.807, 2.05) is 6.92 Å². The van der Waals surface area contributed by atoms with Crippen molar-refractivity contribution >= 4 is 17.3 Å². The van der Waals surface area contributed by atoms with E-state index in [1.165, 1.54) is 6.20 Å². The number of nitrogens with zero attached hydrogens (tertiary/aromatic N) is 2. The van der Waals surface area contributed by atoms with Gasteiger partial charge in [0.05, 0.1) is 6.20 Å². The van der Waals surface area contributed by atoms with Crippen molar-refractivity contribution in [1.29, 1.82) is 0 Å². The van der Waals surface area contributed by atoms with Crippen molar-refractivity contribution in [3.63, 3.8) is 0 Å². The minimum Gasteiger partial charge on any atom is -0.293 e. The minimum atomic E-state index is 0.150.